The average molecular weight is 298 g/mol. The highest BCUT2D eigenvalue weighted by Crippen LogP contribution is 2.31. The molecule has 1 aromatic rings. The number of phenolic OH excluding ortho intramolecular Hbond substituents is 1. The summed E-state index contributed by atoms with van der Waals surface area (Å²) < 4.78 is 1.03. The third kappa shape index (κ3) is 3.46. The van der Waals surface area contributed by atoms with Crippen LogP contribution in [0.15, 0.2) is 22.7 Å². The van der Waals surface area contributed by atoms with Gasteiger partial charge >= 0.3 is 0 Å². The maximum absolute atomic E-state index is 9.82. The van der Waals surface area contributed by atoms with E-state index >= 15 is 0 Å². The van der Waals surface area contributed by atoms with E-state index in [1.165, 1.54) is 12.8 Å². The molecule has 0 atom stereocenters. The second kappa shape index (κ2) is 4.99. The number of nitrogens with zero attached hydrogens (tertiary/aromatic N) is 1. The molecule has 0 spiro atoms. The molecule has 1 aromatic carbocycles. The molecule has 1 fully saturated rings. The van der Waals surface area contributed by atoms with Crippen LogP contribution in [0.5, 0.6) is 5.75 Å². The number of phenols is 1. The average Bonchev–Trinajstić information content (AvgIpc) is 2.26. The van der Waals surface area contributed by atoms with Crippen molar-refractivity contribution in [1.29, 1.82) is 0 Å². The highest BCUT2D eigenvalue weighted by atomic mass is 79.9. The van der Waals surface area contributed by atoms with Crippen LogP contribution in [0.4, 0.5) is 0 Å². The van der Waals surface area contributed by atoms with Gasteiger partial charge in [-0.15, -0.1) is 0 Å². The first-order valence-corrected chi connectivity index (χ1v) is 6.95. The summed E-state index contributed by atoms with van der Waals surface area (Å²) in [4.78, 5) is 2.42. The van der Waals surface area contributed by atoms with Gasteiger partial charge in [0.2, 0.25) is 0 Å². The number of halogens is 1. The van der Waals surface area contributed by atoms with Gasteiger partial charge in [-0.1, -0.05) is 29.8 Å². The Morgan fingerprint density at radius 1 is 1.29 bits per heavy atom. The summed E-state index contributed by atoms with van der Waals surface area (Å²) >= 11 is 3.45. The molecular formula is C14H20BrNO. The fourth-order valence-electron chi connectivity index (χ4n) is 2.24. The minimum absolute atomic E-state index is 0.401. The van der Waals surface area contributed by atoms with E-state index in [1.54, 1.807) is 6.07 Å². The minimum atomic E-state index is 0.401. The Bertz CT molecular complexity index is 393. The molecule has 0 unspecified atom stereocenters. The van der Waals surface area contributed by atoms with Crippen molar-refractivity contribution in [3.63, 3.8) is 0 Å². The summed E-state index contributed by atoms with van der Waals surface area (Å²) in [5, 5.41) is 9.82. The van der Waals surface area contributed by atoms with Crippen molar-refractivity contribution in [2.45, 2.75) is 33.2 Å². The Hall–Kier alpha value is -0.540. The highest BCUT2D eigenvalue weighted by Gasteiger charge is 2.25. The van der Waals surface area contributed by atoms with E-state index < -0.39 is 0 Å². The van der Waals surface area contributed by atoms with E-state index in [1.807, 2.05) is 12.1 Å². The Morgan fingerprint density at radius 2 is 1.94 bits per heavy atom. The minimum Gasteiger partial charge on any atom is -0.508 e. The Balaban J connectivity index is 2.00. The first-order valence-electron chi connectivity index (χ1n) is 6.16. The largest absolute Gasteiger partial charge is 0.508 e. The monoisotopic (exact) mass is 297 g/mol. The zero-order valence-electron chi connectivity index (χ0n) is 10.5. The van der Waals surface area contributed by atoms with Crippen molar-refractivity contribution in [2.75, 3.05) is 13.1 Å². The molecule has 0 aliphatic carbocycles. The van der Waals surface area contributed by atoms with Crippen LogP contribution in [0.2, 0.25) is 0 Å². The van der Waals surface area contributed by atoms with Gasteiger partial charge in [0.25, 0.3) is 0 Å². The summed E-state index contributed by atoms with van der Waals surface area (Å²) in [6, 6.07) is 5.64. The molecule has 1 heterocycles. The molecule has 1 aliphatic rings. The van der Waals surface area contributed by atoms with E-state index in [-0.39, 0.29) is 0 Å². The fourth-order valence-corrected chi connectivity index (χ4v) is 2.65. The summed E-state index contributed by atoms with van der Waals surface area (Å²) in [6.45, 7) is 7.76. The maximum atomic E-state index is 9.82. The van der Waals surface area contributed by atoms with E-state index in [2.05, 4.69) is 34.7 Å². The predicted molar refractivity (Wildman–Crippen MR) is 74.1 cm³/mol. The van der Waals surface area contributed by atoms with Crippen LogP contribution < -0.4 is 0 Å². The van der Waals surface area contributed by atoms with Gasteiger partial charge in [-0.25, -0.2) is 0 Å². The Morgan fingerprint density at radius 3 is 2.59 bits per heavy atom. The summed E-state index contributed by atoms with van der Waals surface area (Å²) in [5.74, 6) is 0.401. The van der Waals surface area contributed by atoms with E-state index in [4.69, 9.17) is 0 Å². The first kappa shape index (κ1) is 12.9. The number of benzene rings is 1. The first-order chi connectivity index (χ1) is 7.96. The van der Waals surface area contributed by atoms with Crippen LogP contribution in [0, 0.1) is 5.41 Å². The Kier molecular flexibility index (Phi) is 3.79. The Labute approximate surface area is 112 Å². The second-order valence-corrected chi connectivity index (χ2v) is 6.63. The molecule has 2 rings (SSSR count). The lowest BCUT2D eigenvalue weighted by molar-refractivity contribution is 0.126. The van der Waals surface area contributed by atoms with Gasteiger partial charge in [-0.05, 0) is 49.5 Å². The number of rotatable bonds is 2. The van der Waals surface area contributed by atoms with Gasteiger partial charge in [0.15, 0.2) is 0 Å². The lowest BCUT2D eigenvalue weighted by Crippen LogP contribution is -2.36. The molecule has 0 bridgehead atoms. The number of piperidine rings is 1. The molecule has 0 aromatic heterocycles. The van der Waals surface area contributed by atoms with Crippen LogP contribution in [-0.2, 0) is 6.54 Å². The van der Waals surface area contributed by atoms with Crippen LogP contribution in [0.25, 0.3) is 0 Å². The number of hydrogen-bond acceptors (Lipinski definition) is 2. The normalized spacial score (nSPS) is 20.4. The molecule has 0 saturated carbocycles. The third-order valence-electron chi connectivity index (χ3n) is 3.65. The van der Waals surface area contributed by atoms with E-state index in [0.29, 0.717) is 11.2 Å². The van der Waals surface area contributed by atoms with Crippen molar-refractivity contribution < 1.29 is 5.11 Å². The molecule has 2 nitrogen and oxygen atoms in total. The van der Waals surface area contributed by atoms with Crippen LogP contribution in [0.3, 0.4) is 0 Å². The number of aromatic hydroxyl groups is 1. The highest BCUT2D eigenvalue weighted by molar-refractivity contribution is 9.10. The summed E-state index contributed by atoms with van der Waals surface area (Å²) in [7, 11) is 0. The zero-order chi connectivity index (χ0) is 12.5. The van der Waals surface area contributed by atoms with Gasteiger partial charge in [-0.2, -0.15) is 0 Å². The molecule has 94 valence electrons. The van der Waals surface area contributed by atoms with Crippen molar-refractivity contribution in [2.24, 2.45) is 5.41 Å². The van der Waals surface area contributed by atoms with Gasteiger partial charge in [0.1, 0.15) is 5.75 Å². The summed E-state index contributed by atoms with van der Waals surface area (Å²) in [5.41, 5.74) is 1.49. The van der Waals surface area contributed by atoms with Crippen LogP contribution >= 0.6 is 15.9 Å². The van der Waals surface area contributed by atoms with Gasteiger partial charge in [0.05, 0.1) is 0 Å². The van der Waals surface area contributed by atoms with Gasteiger partial charge in [0, 0.05) is 16.6 Å². The van der Waals surface area contributed by atoms with Crippen molar-refractivity contribution in [1.82, 2.24) is 4.90 Å². The van der Waals surface area contributed by atoms with E-state index in [9.17, 15) is 5.11 Å². The fraction of sp³-hybridized carbons (Fsp3) is 0.571. The molecule has 3 heteroatoms. The van der Waals surface area contributed by atoms with Crippen LogP contribution in [0.1, 0.15) is 32.3 Å². The SMILES string of the molecule is CC1(C)CCN(Cc2cc(Br)ccc2O)CC1. The number of likely N-dealkylation sites (tertiary alicyclic amines) is 1. The molecular weight excluding hydrogens is 278 g/mol. The van der Waals surface area contributed by atoms with Crippen LogP contribution in [-0.4, -0.2) is 23.1 Å². The standard InChI is InChI=1S/C14H20BrNO/c1-14(2)5-7-16(8-6-14)10-11-9-12(15)3-4-13(11)17/h3-4,9,17H,5-8,10H2,1-2H3. The molecule has 1 N–H and O–H groups in total. The van der Waals surface area contributed by atoms with E-state index in [0.717, 1.165) is 29.7 Å². The van der Waals surface area contributed by atoms with Crippen molar-refractivity contribution in [3.05, 3.63) is 28.2 Å². The van der Waals surface area contributed by atoms with Crippen molar-refractivity contribution >= 4 is 15.9 Å². The maximum Gasteiger partial charge on any atom is 0.120 e. The lowest BCUT2D eigenvalue weighted by Gasteiger charge is -2.37. The molecule has 1 saturated heterocycles. The van der Waals surface area contributed by atoms with Gasteiger partial charge < -0.3 is 5.11 Å². The molecule has 1 aliphatic heterocycles. The lowest BCUT2D eigenvalue weighted by atomic mass is 9.82. The molecule has 0 radical (unpaired) electrons. The molecule has 0 amide bonds. The summed E-state index contributed by atoms with van der Waals surface area (Å²) in [6.07, 6.45) is 2.48. The quantitative estimate of drug-likeness (QED) is 0.898. The molecule has 17 heavy (non-hydrogen) atoms. The van der Waals surface area contributed by atoms with Crippen molar-refractivity contribution in [3.8, 4) is 5.75 Å². The predicted octanol–water partition coefficient (Wildman–Crippen LogP) is 3.78. The topological polar surface area (TPSA) is 23.5 Å². The second-order valence-electron chi connectivity index (χ2n) is 5.71. The third-order valence-corrected chi connectivity index (χ3v) is 4.14. The van der Waals surface area contributed by atoms with Gasteiger partial charge in [-0.3, -0.25) is 4.90 Å². The number of hydrogen-bond donors (Lipinski definition) is 1. The zero-order valence-corrected chi connectivity index (χ0v) is 12.1. The smallest absolute Gasteiger partial charge is 0.120 e.